The van der Waals surface area contributed by atoms with Crippen LogP contribution in [0.5, 0.6) is 0 Å². The van der Waals surface area contributed by atoms with Crippen molar-refractivity contribution in [3.05, 3.63) is 58.9 Å². The van der Waals surface area contributed by atoms with Gasteiger partial charge in [0.15, 0.2) is 0 Å². The van der Waals surface area contributed by atoms with Crippen LogP contribution < -0.4 is 16.2 Å². The van der Waals surface area contributed by atoms with Crippen LogP contribution in [-0.2, 0) is 0 Å². The first kappa shape index (κ1) is 13.1. The molecule has 106 valence electrons. The molecule has 3 rings (SSSR count). The monoisotopic (exact) mass is 284 g/mol. The zero-order valence-corrected chi connectivity index (χ0v) is 11.3. The summed E-state index contributed by atoms with van der Waals surface area (Å²) in [5.41, 5.74) is 8.28. The third kappa shape index (κ3) is 2.31. The number of fused-ring (bicyclic) bond motifs is 1. The summed E-state index contributed by atoms with van der Waals surface area (Å²) < 4.78 is 13.0. The highest BCUT2D eigenvalue weighted by Gasteiger charge is 2.11. The number of anilines is 3. The Morgan fingerprint density at radius 2 is 1.95 bits per heavy atom. The van der Waals surface area contributed by atoms with Gasteiger partial charge >= 0.3 is 0 Å². The number of aromatic nitrogens is 2. The lowest BCUT2D eigenvalue weighted by Gasteiger charge is -2.21. The van der Waals surface area contributed by atoms with Crippen molar-refractivity contribution in [1.82, 2.24) is 9.97 Å². The zero-order chi connectivity index (χ0) is 15.0. The van der Waals surface area contributed by atoms with Gasteiger partial charge in [0.1, 0.15) is 5.82 Å². The molecule has 0 amide bonds. The molecular weight excluding hydrogens is 271 g/mol. The van der Waals surface area contributed by atoms with Crippen LogP contribution >= 0.6 is 0 Å². The van der Waals surface area contributed by atoms with Gasteiger partial charge in [0.25, 0.3) is 5.56 Å². The van der Waals surface area contributed by atoms with Gasteiger partial charge in [0, 0.05) is 12.7 Å². The second-order valence-corrected chi connectivity index (χ2v) is 4.70. The van der Waals surface area contributed by atoms with Crippen molar-refractivity contribution in [3.63, 3.8) is 0 Å². The van der Waals surface area contributed by atoms with Crippen LogP contribution in [0.4, 0.5) is 21.5 Å². The molecule has 21 heavy (non-hydrogen) atoms. The Labute approximate surface area is 119 Å². The number of nitrogens with one attached hydrogen (secondary N) is 1. The average Bonchev–Trinajstić information content (AvgIpc) is 2.48. The van der Waals surface area contributed by atoms with E-state index in [4.69, 9.17) is 5.73 Å². The fourth-order valence-corrected chi connectivity index (χ4v) is 2.22. The molecule has 1 aromatic heterocycles. The van der Waals surface area contributed by atoms with Crippen LogP contribution in [0.2, 0.25) is 0 Å². The first-order valence-electron chi connectivity index (χ1n) is 6.32. The van der Waals surface area contributed by atoms with E-state index in [1.165, 1.54) is 18.5 Å². The Morgan fingerprint density at radius 1 is 1.24 bits per heavy atom. The van der Waals surface area contributed by atoms with Gasteiger partial charge in [-0.2, -0.15) is 0 Å². The first-order valence-corrected chi connectivity index (χ1v) is 6.32. The van der Waals surface area contributed by atoms with E-state index >= 15 is 0 Å². The molecule has 6 heteroatoms. The van der Waals surface area contributed by atoms with E-state index < -0.39 is 0 Å². The summed E-state index contributed by atoms with van der Waals surface area (Å²) in [4.78, 5) is 20.2. The number of nitrogens with two attached hydrogens (primary N) is 1. The molecule has 0 radical (unpaired) electrons. The lowest BCUT2D eigenvalue weighted by molar-refractivity contribution is 0.628. The van der Waals surface area contributed by atoms with Crippen molar-refractivity contribution < 1.29 is 4.39 Å². The maximum absolute atomic E-state index is 13.0. The van der Waals surface area contributed by atoms with Crippen LogP contribution in [0.15, 0.2) is 47.5 Å². The largest absolute Gasteiger partial charge is 0.397 e. The highest BCUT2D eigenvalue weighted by Crippen LogP contribution is 2.31. The van der Waals surface area contributed by atoms with E-state index in [-0.39, 0.29) is 11.4 Å². The molecule has 0 saturated heterocycles. The standard InChI is InChI=1S/C15H13FN4O/c1-20(10-4-2-9(16)3-5-10)14-7-13-11(6-12(14)17)15(21)19-8-18-13/h2-8H,17H2,1H3,(H,18,19,21). The quantitative estimate of drug-likeness (QED) is 0.709. The summed E-state index contributed by atoms with van der Waals surface area (Å²) in [7, 11) is 1.82. The molecule has 0 spiro atoms. The Bertz CT molecular complexity index is 858. The van der Waals surface area contributed by atoms with Crippen molar-refractivity contribution in [2.24, 2.45) is 0 Å². The lowest BCUT2D eigenvalue weighted by atomic mass is 10.1. The molecule has 0 aliphatic heterocycles. The molecule has 3 N–H and O–H groups in total. The molecular formula is C15H13FN4O. The van der Waals surface area contributed by atoms with Gasteiger partial charge in [-0.25, -0.2) is 9.37 Å². The van der Waals surface area contributed by atoms with Gasteiger partial charge in [-0.15, -0.1) is 0 Å². The van der Waals surface area contributed by atoms with Crippen LogP contribution in [0.1, 0.15) is 0 Å². The molecule has 0 saturated carbocycles. The Kier molecular flexibility index (Phi) is 3.06. The SMILES string of the molecule is CN(c1ccc(F)cc1)c1cc2nc[nH]c(=O)c2cc1N. The number of halogens is 1. The number of H-pyrrole nitrogens is 1. The number of benzene rings is 2. The minimum Gasteiger partial charge on any atom is -0.397 e. The van der Waals surface area contributed by atoms with Gasteiger partial charge in [0.05, 0.1) is 28.6 Å². The maximum Gasteiger partial charge on any atom is 0.258 e. The molecule has 2 aromatic carbocycles. The molecule has 0 aliphatic carbocycles. The van der Waals surface area contributed by atoms with Crippen LogP contribution in [0, 0.1) is 5.82 Å². The molecule has 0 atom stereocenters. The normalized spacial score (nSPS) is 10.8. The Morgan fingerprint density at radius 3 is 2.67 bits per heavy atom. The molecule has 5 nitrogen and oxygen atoms in total. The van der Waals surface area contributed by atoms with Gasteiger partial charge in [0.2, 0.25) is 0 Å². The molecule has 0 aliphatic rings. The Balaban J connectivity index is 2.13. The van der Waals surface area contributed by atoms with Gasteiger partial charge in [-0.3, -0.25) is 4.79 Å². The minimum absolute atomic E-state index is 0.234. The van der Waals surface area contributed by atoms with Crippen LogP contribution in [-0.4, -0.2) is 17.0 Å². The average molecular weight is 284 g/mol. The van der Waals surface area contributed by atoms with Crippen molar-refractivity contribution in [2.75, 3.05) is 17.7 Å². The zero-order valence-electron chi connectivity index (χ0n) is 11.3. The number of aromatic amines is 1. The predicted octanol–water partition coefficient (Wildman–Crippen LogP) is 2.41. The van der Waals surface area contributed by atoms with E-state index in [2.05, 4.69) is 9.97 Å². The molecule has 1 heterocycles. The van der Waals surface area contributed by atoms with E-state index in [0.717, 1.165) is 5.69 Å². The molecule has 3 aromatic rings. The number of hydrogen-bond donors (Lipinski definition) is 2. The van der Waals surface area contributed by atoms with E-state index in [1.54, 1.807) is 24.3 Å². The summed E-state index contributed by atoms with van der Waals surface area (Å²) >= 11 is 0. The highest BCUT2D eigenvalue weighted by atomic mass is 19.1. The van der Waals surface area contributed by atoms with Gasteiger partial charge < -0.3 is 15.6 Å². The van der Waals surface area contributed by atoms with E-state index in [9.17, 15) is 9.18 Å². The van der Waals surface area contributed by atoms with E-state index in [1.807, 2.05) is 11.9 Å². The maximum atomic E-state index is 13.0. The van der Waals surface area contributed by atoms with E-state index in [0.29, 0.717) is 22.3 Å². The van der Waals surface area contributed by atoms with Crippen molar-refractivity contribution in [1.29, 1.82) is 0 Å². The minimum atomic E-state index is -0.299. The number of rotatable bonds is 2. The third-order valence-electron chi connectivity index (χ3n) is 3.36. The van der Waals surface area contributed by atoms with Crippen LogP contribution in [0.25, 0.3) is 10.9 Å². The highest BCUT2D eigenvalue weighted by molar-refractivity contribution is 5.90. The smallest absolute Gasteiger partial charge is 0.258 e. The summed E-state index contributed by atoms with van der Waals surface area (Å²) in [6.45, 7) is 0. The summed E-state index contributed by atoms with van der Waals surface area (Å²) in [5, 5.41) is 0.436. The Hall–Kier alpha value is -2.89. The number of nitrogens with zero attached hydrogens (tertiary/aromatic N) is 2. The van der Waals surface area contributed by atoms with Crippen molar-refractivity contribution in [3.8, 4) is 0 Å². The molecule has 0 fully saturated rings. The van der Waals surface area contributed by atoms with Gasteiger partial charge in [-0.05, 0) is 36.4 Å². The van der Waals surface area contributed by atoms with Crippen molar-refractivity contribution >= 4 is 28.0 Å². The molecule has 0 unspecified atom stereocenters. The first-order chi connectivity index (χ1) is 10.1. The topological polar surface area (TPSA) is 75.0 Å². The molecule has 0 bridgehead atoms. The van der Waals surface area contributed by atoms with Crippen LogP contribution in [0.3, 0.4) is 0 Å². The summed E-state index contributed by atoms with van der Waals surface area (Å²) in [5.74, 6) is -0.299. The summed E-state index contributed by atoms with van der Waals surface area (Å²) in [6, 6.07) is 9.41. The van der Waals surface area contributed by atoms with Gasteiger partial charge in [-0.1, -0.05) is 0 Å². The number of hydrogen-bond acceptors (Lipinski definition) is 4. The van der Waals surface area contributed by atoms with Crippen molar-refractivity contribution in [2.45, 2.75) is 0 Å². The fourth-order valence-electron chi connectivity index (χ4n) is 2.22. The number of nitrogen functional groups attached to an aromatic ring is 1. The second kappa shape index (κ2) is 4.90. The fraction of sp³-hybridized carbons (Fsp3) is 0.0667. The lowest BCUT2D eigenvalue weighted by Crippen LogP contribution is -2.13. The summed E-state index contributed by atoms with van der Waals surface area (Å²) in [6.07, 6.45) is 1.35. The third-order valence-corrected chi connectivity index (χ3v) is 3.36. The predicted molar refractivity (Wildman–Crippen MR) is 81.2 cm³/mol. The second-order valence-electron chi connectivity index (χ2n) is 4.70.